The Bertz CT molecular complexity index is 363. The summed E-state index contributed by atoms with van der Waals surface area (Å²) in [6.45, 7) is 10.3. The maximum absolute atomic E-state index is 4.40. The van der Waals surface area contributed by atoms with Crippen LogP contribution >= 0.6 is 0 Å². The second-order valence-corrected chi connectivity index (χ2v) is 5.13. The lowest BCUT2D eigenvalue weighted by molar-refractivity contribution is 0.141. The number of likely N-dealkylation sites (tertiary alicyclic amines) is 1. The Kier molecular flexibility index (Phi) is 4.90. The van der Waals surface area contributed by atoms with E-state index in [0.29, 0.717) is 12.0 Å². The van der Waals surface area contributed by atoms with Gasteiger partial charge in [-0.05, 0) is 24.5 Å². The second-order valence-electron chi connectivity index (χ2n) is 5.13. The second kappa shape index (κ2) is 6.66. The molecule has 1 saturated heterocycles. The first-order valence-electron chi connectivity index (χ1n) is 6.76. The number of pyridine rings is 1. The topological polar surface area (TPSA) is 28.2 Å². The molecule has 2 atom stereocenters. The van der Waals surface area contributed by atoms with Crippen molar-refractivity contribution in [2.75, 3.05) is 19.6 Å². The maximum atomic E-state index is 4.40. The molecule has 0 aromatic carbocycles. The van der Waals surface area contributed by atoms with Gasteiger partial charge in [0.1, 0.15) is 0 Å². The van der Waals surface area contributed by atoms with Gasteiger partial charge in [-0.25, -0.2) is 0 Å². The van der Waals surface area contributed by atoms with Crippen molar-refractivity contribution < 1.29 is 0 Å². The molecule has 0 unspecified atom stereocenters. The Balaban J connectivity index is 1.82. The van der Waals surface area contributed by atoms with Crippen molar-refractivity contribution in [2.24, 2.45) is 5.92 Å². The van der Waals surface area contributed by atoms with Gasteiger partial charge in [-0.15, -0.1) is 6.58 Å². The molecule has 0 radical (unpaired) electrons. The van der Waals surface area contributed by atoms with Crippen LogP contribution in [-0.2, 0) is 6.54 Å². The molecule has 1 fully saturated rings. The molecule has 2 heterocycles. The van der Waals surface area contributed by atoms with Crippen molar-refractivity contribution in [1.82, 2.24) is 15.2 Å². The van der Waals surface area contributed by atoms with Gasteiger partial charge >= 0.3 is 0 Å². The predicted molar refractivity (Wildman–Crippen MR) is 75.3 cm³/mol. The molecule has 0 amide bonds. The molecule has 18 heavy (non-hydrogen) atoms. The minimum absolute atomic E-state index is 0.628. The van der Waals surface area contributed by atoms with Crippen LogP contribution in [0.4, 0.5) is 0 Å². The largest absolute Gasteiger partial charge is 0.310 e. The van der Waals surface area contributed by atoms with E-state index in [0.717, 1.165) is 26.2 Å². The van der Waals surface area contributed by atoms with Crippen molar-refractivity contribution in [2.45, 2.75) is 25.9 Å². The minimum Gasteiger partial charge on any atom is -0.310 e. The summed E-state index contributed by atoms with van der Waals surface area (Å²) in [5, 5.41) is 3.55. The smallest absolute Gasteiger partial charge is 0.0543 e. The highest BCUT2D eigenvalue weighted by molar-refractivity contribution is 5.03. The van der Waals surface area contributed by atoms with E-state index in [4.69, 9.17) is 0 Å². The SMILES string of the molecule is C=CCN[C@@H]1CCN(Cc2ccccn2)C[C@@H]1C. The fourth-order valence-corrected chi connectivity index (χ4v) is 2.63. The molecule has 3 nitrogen and oxygen atoms in total. The van der Waals surface area contributed by atoms with E-state index in [1.807, 2.05) is 18.3 Å². The molecule has 1 aromatic heterocycles. The number of hydrogen-bond acceptors (Lipinski definition) is 3. The molecule has 1 aliphatic rings. The highest BCUT2D eigenvalue weighted by atomic mass is 15.2. The summed E-state index contributed by atoms with van der Waals surface area (Å²) in [4.78, 5) is 6.90. The molecule has 0 spiro atoms. The van der Waals surface area contributed by atoms with E-state index >= 15 is 0 Å². The van der Waals surface area contributed by atoms with Gasteiger partial charge in [0.05, 0.1) is 5.69 Å². The Morgan fingerprint density at radius 1 is 1.56 bits per heavy atom. The van der Waals surface area contributed by atoms with Crippen molar-refractivity contribution in [1.29, 1.82) is 0 Å². The highest BCUT2D eigenvalue weighted by Gasteiger charge is 2.25. The van der Waals surface area contributed by atoms with Crippen LogP contribution in [0, 0.1) is 5.92 Å². The molecular formula is C15H23N3. The van der Waals surface area contributed by atoms with Gasteiger partial charge in [-0.2, -0.15) is 0 Å². The molecule has 98 valence electrons. The molecule has 0 bridgehead atoms. The molecule has 0 saturated carbocycles. The van der Waals surface area contributed by atoms with Crippen LogP contribution in [0.15, 0.2) is 37.1 Å². The third kappa shape index (κ3) is 3.65. The van der Waals surface area contributed by atoms with Crippen molar-refractivity contribution in [3.8, 4) is 0 Å². The fraction of sp³-hybridized carbons (Fsp3) is 0.533. The van der Waals surface area contributed by atoms with Gasteiger partial charge in [0.25, 0.3) is 0 Å². The molecular weight excluding hydrogens is 222 g/mol. The van der Waals surface area contributed by atoms with Crippen LogP contribution in [0.5, 0.6) is 0 Å². The standard InChI is InChI=1S/C15H23N3/c1-3-8-17-15-7-10-18(11-13(15)2)12-14-6-4-5-9-16-14/h3-6,9,13,15,17H,1,7-8,10-12H2,2H3/t13-,15+/m0/s1. The number of nitrogens with one attached hydrogen (secondary N) is 1. The number of piperidine rings is 1. The van der Waals surface area contributed by atoms with E-state index in [2.05, 4.69) is 40.8 Å². The van der Waals surface area contributed by atoms with Crippen LogP contribution in [0.25, 0.3) is 0 Å². The van der Waals surface area contributed by atoms with Gasteiger partial charge in [0, 0.05) is 38.4 Å². The summed E-state index contributed by atoms with van der Waals surface area (Å²) in [6, 6.07) is 6.76. The lowest BCUT2D eigenvalue weighted by Gasteiger charge is -2.37. The lowest BCUT2D eigenvalue weighted by atomic mass is 9.93. The molecule has 1 aliphatic heterocycles. The molecule has 1 aromatic rings. The Labute approximate surface area is 110 Å². The first kappa shape index (κ1) is 13.2. The summed E-state index contributed by atoms with van der Waals surface area (Å²) in [5.41, 5.74) is 1.17. The monoisotopic (exact) mass is 245 g/mol. The van der Waals surface area contributed by atoms with Crippen molar-refractivity contribution in [3.63, 3.8) is 0 Å². The van der Waals surface area contributed by atoms with Gasteiger partial charge in [-0.3, -0.25) is 9.88 Å². The normalized spacial score (nSPS) is 24.9. The van der Waals surface area contributed by atoms with Crippen LogP contribution in [0.2, 0.25) is 0 Å². The zero-order chi connectivity index (χ0) is 12.8. The van der Waals surface area contributed by atoms with Crippen LogP contribution in [0.1, 0.15) is 19.0 Å². The van der Waals surface area contributed by atoms with Crippen molar-refractivity contribution >= 4 is 0 Å². The molecule has 0 aliphatic carbocycles. The Hall–Kier alpha value is -1.19. The van der Waals surface area contributed by atoms with Gasteiger partial charge in [0.15, 0.2) is 0 Å². The average molecular weight is 245 g/mol. The summed E-state index contributed by atoms with van der Waals surface area (Å²) in [5.74, 6) is 0.683. The summed E-state index contributed by atoms with van der Waals surface area (Å²) in [7, 11) is 0. The fourth-order valence-electron chi connectivity index (χ4n) is 2.63. The van der Waals surface area contributed by atoms with Crippen LogP contribution in [-0.4, -0.2) is 35.6 Å². The molecule has 2 rings (SSSR count). The van der Waals surface area contributed by atoms with E-state index in [-0.39, 0.29) is 0 Å². The number of nitrogens with zero attached hydrogens (tertiary/aromatic N) is 2. The third-order valence-corrected chi connectivity index (χ3v) is 3.63. The molecule has 3 heteroatoms. The molecule has 1 N–H and O–H groups in total. The zero-order valence-electron chi connectivity index (χ0n) is 11.2. The summed E-state index contributed by atoms with van der Waals surface area (Å²) in [6.07, 6.45) is 5.02. The summed E-state index contributed by atoms with van der Waals surface area (Å²) < 4.78 is 0. The summed E-state index contributed by atoms with van der Waals surface area (Å²) >= 11 is 0. The van der Waals surface area contributed by atoms with Gasteiger partial charge in [-0.1, -0.05) is 19.1 Å². The highest BCUT2D eigenvalue weighted by Crippen LogP contribution is 2.18. The Morgan fingerprint density at radius 2 is 2.44 bits per heavy atom. The van der Waals surface area contributed by atoms with Crippen LogP contribution in [0.3, 0.4) is 0 Å². The van der Waals surface area contributed by atoms with E-state index < -0.39 is 0 Å². The van der Waals surface area contributed by atoms with E-state index in [1.54, 1.807) is 0 Å². The van der Waals surface area contributed by atoms with E-state index in [9.17, 15) is 0 Å². The van der Waals surface area contributed by atoms with Gasteiger partial charge in [0.2, 0.25) is 0 Å². The quantitative estimate of drug-likeness (QED) is 0.805. The number of aromatic nitrogens is 1. The van der Waals surface area contributed by atoms with E-state index in [1.165, 1.54) is 12.1 Å². The average Bonchev–Trinajstić information content (AvgIpc) is 2.39. The van der Waals surface area contributed by atoms with Crippen molar-refractivity contribution in [3.05, 3.63) is 42.7 Å². The minimum atomic E-state index is 0.628. The Morgan fingerprint density at radius 3 is 3.11 bits per heavy atom. The lowest BCUT2D eigenvalue weighted by Crippen LogP contribution is -2.48. The first-order chi connectivity index (χ1) is 8.79. The van der Waals surface area contributed by atoms with Gasteiger partial charge < -0.3 is 5.32 Å². The first-order valence-corrected chi connectivity index (χ1v) is 6.76. The zero-order valence-corrected chi connectivity index (χ0v) is 11.2. The third-order valence-electron chi connectivity index (χ3n) is 3.63. The van der Waals surface area contributed by atoms with Crippen LogP contribution < -0.4 is 5.32 Å². The maximum Gasteiger partial charge on any atom is 0.0543 e. The number of hydrogen-bond donors (Lipinski definition) is 1. The predicted octanol–water partition coefficient (Wildman–Crippen LogP) is 2.07. The number of rotatable bonds is 5.